The maximum Gasteiger partial charge on any atom is 0.305 e. The van der Waals surface area contributed by atoms with Crippen molar-refractivity contribution >= 4 is 27.6 Å². The summed E-state index contributed by atoms with van der Waals surface area (Å²) in [5, 5.41) is 12.9. The lowest BCUT2D eigenvalue weighted by Gasteiger charge is -2.13. The van der Waals surface area contributed by atoms with Crippen molar-refractivity contribution in [3.8, 4) is 23.0 Å². The molecule has 0 unspecified atom stereocenters. The van der Waals surface area contributed by atoms with E-state index in [-0.39, 0.29) is 18.7 Å². The molecule has 0 heterocycles. The molecule has 0 aliphatic heterocycles. The Morgan fingerprint density at radius 1 is 0.969 bits per heavy atom. The summed E-state index contributed by atoms with van der Waals surface area (Å²) in [5.41, 5.74) is 1.50. The molecular formula is C22H27NO8S. The number of carboxylic acids is 1. The van der Waals surface area contributed by atoms with E-state index in [0.717, 1.165) is 5.41 Å². The van der Waals surface area contributed by atoms with Crippen LogP contribution >= 0.6 is 0 Å². The molecule has 0 saturated heterocycles. The number of anilines is 1. The molecule has 0 aromatic heterocycles. The number of hydrogen-bond donors (Lipinski definition) is 2. The quantitative estimate of drug-likeness (QED) is 0.487. The molecule has 0 saturated carbocycles. The van der Waals surface area contributed by atoms with E-state index >= 15 is 0 Å². The molecule has 0 amide bonds. The fourth-order valence-corrected chi connectivity index (χ4v) is 4.02. The van der Waals surface area contributed by atoms with E-state index in [9.17, 15) is 13.2 Å². The van der Waals surface area contributed by atoms with Gasteiger partial charge in [-0.15, -0.1) is 0 Å². The summed E-state index contributed by atoms with van der Waals surface area (Å²) in [4.78, 5) is 10.7. The minimum atomic E-state index is -3.65. The first kappa shape index (κ1) is 24.9. The van der Waals surface area contributed by atoms with Crippen molar-refractivity contribution in [3.63, 3.8) is 0 Å². The highest BCUT2D eigenvalue weighted by molar-refractivity contribution is 7.93. The van der Waals surface area contributed by atoms with E-state index in [1.165, 1.54) is 34.5 Å². The van der Waals surface area contributed by atoms with Gasteiger partial charge in [-0.3, -0.25) is 4.79 Å². The second kappa shape index (κ2) is 11.3. The summed E-state index contributed by atoms with van der Waals surface area (Å²) >= 11 is 0. The molecule has 10 heteroatoms. The minimum Gasteiger partial charge on any atom is -0.496 e. The van der Waals surface area contributed by atoms with Crippen molar-refractivity contribution < 1.29 is 37.3 Å². The monoisotopic (exact) mass is 465 g/mol. The number of carboxylic acid groups (broad SMARTS) is 1. The summed E-state index contributed by atoms with van der Waals surface area (Å²) in [5.74, 6) is 0.607. The maximum atomic E-state index is 12.7. The van der Waals surface area contributed by atoms with Crippen molar-refractivity contribution in [3.05, 3.63) is 46.9 Å². The first-order valence-electron chi connectivity index (χ1n) is 9.56. The molecule has 0 bridgehead atoms. The molecule has 2 rings (SSSR count). The summed E-state index contributed by atoms with van der Waals surface area (Å²) in [6, 6.07) is 8.16. The van der Waals surface area contributed by atoms with Crippen LogP contribution in [0.5, 0.6) is 23.0 Å². The Hall–Kier alpha value is -3.40. The fourth-order valence-electron chi connectivity index (χ4n) is 2.94. The van der Waals surface area contributed by atoms with Crippen LogP contribution in [0.4, 0.5) is 5.69 Å². The number of hydrogen-bond acceptors (Lipinski definition) is 8. The molecule has 0 aliphatic rings. The van der Waals surface area contributed by atoms with Crippen LogP contribution in [-0.4, -0.2) is 54.5 Å². The van der Waals surface area contributed by atoms with E-state index in [1.807, 2.05) is 0 Å². The molecule has 32 heavy (non-hydrogen) atoms. The number of sulfone groups is 1. The van der Waals surface area contributed by atoms with Gasteiger partial charge >= 0.3 is 5.97 Å². The van der Waals surface area contributed by atoms with Gasteiger partial charge in [0.2, 0.25) is 0 Å². The van der Waals surface area contributed by atoms with Crippen LogP contribution in [0.1, 0.15) is 17.5 Å². The smallest absolute Gasteiger partial charge is 0.305 e. The zero-order chi connectivity index (χ0) is 23.7. The SMILES string of the molecule is COc1cc(OC)c(/C=C/S(=O)(=O)Cc2ccc(OC)c(NCCC(=O)O)c2)c(OC)c1. The third-order valence-corrected chi connectivity index (χ3v) is 5.77. The molecular weight excluding hydrogens is 438 g/mol. The zero-order valence-corrected chi connectivity index (χ0v) is 19.2. The predicted molar refractivity (Wildman–Crippen MR) is 121 cm³/mol. The number of benzene rings is 2. The summed E-state index contributed by atoms with van der Waals surface area (Å²) in [6.07, 6.45) is 1.34. The third-order valence-electron chi connectivity index (χ3n) is 4.48. The molecule has 0 spiro atoms. The fraction of sp³-hybridized carbons (Fsp3) is 0.318. The van der Waals surface area contributed by atoms with E-state index in [1.54, 1.807) is 30.3 Å². The first-order valence-corrected chi connectivity index (χ1v) is 11.3. The van der Waals surface area contributed by atoms with E-state index in [4.69, 9.17) is 24.1 Å². The van der Waals surface area contributed by atoms with Gasteiger partial charge in [-0.25, -0.2) is 8.42 Å². The van der Waals surface area contributed by atoms with Crippen LogP contribution in [0.2, 0.25) is 0 Å². The van der Waals surface area contributed by atoms with Crippen LogP contribution in [0.15, 0.2) is 35.7 Å². The molecule has 0 aliphatic carbocycles. The Labute approximate surface area is 187 Å². The van der Waals surface area contributed by atoms with Crippen LogP contribution in [0.3, 0.4) is 0 Å². The maximum absolute atomic E-state index is 12.7. The van der Waals surface area contributed by atoms with E-state index in [0.29, 0.717) is 39.8 Å². The van der Waals surface area contributed by atoms with Crippen LogP contribution in [0.25, 0.3) is 6.08 Å². The Kier molecular flexibility index (Phi) is 8.77. The topological polar surface area (TPSA) is 120 Å². The number of nitrogens with one attached hydrogen (secondary N) is 1. The number of carbonyl (C=O) groups is 1. The number of ether oxygens (including phenoxy) is 4. The van der Waals surface area contributed by atoms with Gasteiger partial charge < -0.3 is 29.4 Å². The van der Waals surface area contributed by atoms with Crippen molar-refractivity contribution in [2.24, 2.45) is 0 Å². The van der Waals surface area contributed by atoms with Crippen molar-refractivity contribution in [2.45, 2.75) is 12.2 Å². The van der Waals surface area contributed by atoms with Crippen molar-refractivity contribution in [1.82, 2.24) is 0 Å². The van der Waals surface area contributed by atoms with Crippen LogP contribution < -0.4 is 24.3 Å². The average Bonchev–Trinajstić information content (AvgIpc) is 2.76. The zero-order valence-electron chi connectivity index (χ0n) is 18.4. The Balaban J connectivity index is 2.27. The average molecular weight is 466 g/mol. The number of aliphatic carboxylic acids is 1. The van der Waals surface area contributed by atoms with Crippen molar-refractivity contribution in [2.75, 3.05) is 40.3 Å². The molecule has 0 atom stereocenters. The third kappa shape index (κ3) is 6.81. The summed E-state index contributed by atoms with van der Waals surface area (Å²) in [7, 11) is 2.27. The van der Waals surface area contributed by atoms with Gasteiger partial charge in [-0.2, -0.15) is 0 Å². The number of rotatable bonds is 12. The highest BCUT2D eigenvalue weighted by atomic mass is 32.2. The summed E-state index contributed by atoms with van der Waals surface area (Å²) in [6.45, 7) is 0.179. The second-order valence-corrected chi connectivity index (χ2v) is 8.55. The molecule has 174 valence electrons. The standard InChI is InChI=1S/C22H27NO8S/c1-28-16-12-20(30-3)17(21(13-16)31-4)8-10-32(26,27)14-15-5-6-19(29-2)18(11-15)23-9-7-22(24)25/h5-6,8,10-13,23H,7,9,14H2,1-4H3,(H,24,25)/b10-8+. The van der Waals surface area contributed by atoms with Crippen molar-refractivity contribution in [1.29, 1.82) is 0 Å². The Morgan fingerprint density at radius 2 is 1.59 bits per heavy atom. The van der Waals surface area contributed by atoms with Gasteiger partial charge in [-0.05, 0) is 23.8 Å². The van der Waals surface area contributed by atoms with E-state index < -0.39 is 15.8 Å². The highest BCUT2D eigenvalue weighted by Gasteiger charge is 2.15. The lowest BCUT2D eigenvalue weighted by atomic mass is 10.1. The lowest BCUT2D eigenvalue weighted by molar-refractivity contribution is -0.136. The number of methoxy groups -OCH3 is 4. The molecule has 0 radical (unpaired) electrons. The molecule has 2 aromatic rings. The molecule has 2 aromatic carbocycles. The second-order valence-electron chi connectivity index (χ2n) is 6.66. The first-order chi connectivity index (χ1) is 15.2. The summed E-state index contributed by atoms with van der Waals surface area (Å²) < 4.78 is 46.6. The van der Waals surface area contributed by atoms with Gasteiger partial charge in [0.15, 0.2) is 9.84 Å². The van der Waals surface area contributed by atoms with Gasteiger partial charge in [0.05, 0.1) is 51.9 Å². The predicted octanol–water partition coefficient (Wildman–Crippen LogP) is 3.19. The Morgan fingerprint density at radius 3 is 2.12 bits per heavy atom. The van der Waals surface area contributed by atoms with Gasteiger partial charge in [0.25, 0.3) is 0 Å². The van der Waals surface area contributed by atoms with Gasteiger partial charge in [-0.1, -0.05) is 6.07 Å². The van der Waals surface area contributed by atoms with Gasteiger partial charge in [0.1, 0.15) is 23.0 Å². The minimum absolute atomic E-state index is 0.0834. The van der Waals surface area contributed by atoms with E-state index in [2.05, 4.69) is 5.32 Å². The molecule has 0 fully saturated rings. The van der Waals surface area contributed by atoms with Gasteiger partial charge in [0, 0.05) is 24.1 Å². The highest BCUT2D eigenvalue weighted by Crippen LogP contribution is 2.35. The molecule has 2 N–H and O–H groups in total. The molecule has 9 nitrogen and oxygen atoms in total. The normalized spacial score (nSPS) is 11.2. The lowest BCUT2D eigenvalue weighted by Crippen LogP contribution is -2.09. The van der Waals surface area contributed by atoms with Crippen LogP contribution in [-0.2, 0) is 20.4 Å². The largest absolute Gasteiger partial charge is 0.496 e. The Bertz CT molecular complexity index is 1050. The van der Waals surface area contributed by atoms with Crippen LogP contribution in [0, 0.1) is 0 Å².